The van der Waals surface area contributed by atoms with Gasteiger partial charge in [0.15, 0.2) is 5.78 Å². The summed E-state index contributed by atoms with van der Waals surface area (Å²) in [6.45, 7) is 1.87. The van der Waals surface area contributed by atoms with Crippen LogP contribution in [0, 0.1) is 0 Å². The lowest BCUT2D eigenvalue weighted by molar-refractivity contribution is 0.0950. The van der Waals surface area contributed by atoms with E-state index in [1.807, 2.05) is 6.92 Å². The highest BCUT2D eigenvalue weighted by atomic mass is 16.1. The second-order valence-electron chi connectivity index (χ2n) is 2.62. The van der Waals surface area contributed by atoms with Crippen LogP contribution in [0.4, 0.5) is 0 Å². The van der Waals surface area contributed by atoms with E-state index >= 15 is 0 Å². The highest BCUT2D eigenvalue weighted by Crippen LogP contribution is 2.00. The number of carbonyl (C=O) groups is 1. The second-order valence-corrected chi connectivity index (χ2v) is 2.62. The summed E-state index contributed by atoms with van der Waals surface area (Å²) in [6, 6.07) is -0.442. The summed E-state index contributed by atoms with van der Waals surface area (Å²) >= 11 is 0. The van der Waals surface area contributed by atoms with E-state index in [2.05, 4.69) is 10.3 Å². The van der Waals surface area contributed by atoms with Crippen molar-refractivity contribution in [1.82, 2.24) is 15.0 Å². The van der Waals surface area contributed by atoms with Crippen molar-refractivity contribution >= 4 is 5.78 Å². The molecule has 0 aliphatic heterocycles. The van der Waals surface area contributed by atoms with Gasteiger partial charge in [-0.2, -0.15) is 0 Å². The first-order valence-corrected chi connectivity index (χ1v) is 3.81. The first-order chi connectivity index (χ1) is 5.66. The van der Waals surface area contributed by atoms with E-state index < -0.39 is 6.04 Å². The maximum absolute atomic E-state index is 11.4. The average molecular weight is 168 g/mol. The van der Waals surface area contributed by atoms with Gasteiger partial charge < -0.3 is 5.73 Å². The van der Waals surface area contributed by atoms with Gasteiger partial charge in [0.05, 0.1) is 12.2 Å². The van der Waals surface area contributed by atoms with Crippen LogP contribution in [0.25, 0.3) is 0 Å². The van der Waals surface area contributed by atoms with Crippen molar-refractivity contribution in [3.8, 4) is 0 Å². The number of hydrogen-bond acceptors (Lipinski definition) is 4. The molecule has 0 radical (unpaired) electrons. The van der Waals surface area contributed by atoms with Crippen molar-refractivity contribution in [3.63, 3.8) is 0 Å². The monoisotopic (exact) mass is 168 g/mol. The highest BCUT2D eigenvalue weighted by molar-refractivity contribution is 5.98. The molecule has 1 rings (SSSR count). The standard InChI is InChI=1S/C7H12N4O/c1-3-5(8)7(12)6-4-9-10-11(6)2/h4-5H,3,8H2,1-2H3. The summed E-state index contributed by atoms with van der Waals surface area (Å²) in [6.07, 6.45) is 2.06. The molecule has 5 nitrogen and oxygen atoms in total. The van der Waals surface area contributed by atoms with Crippen LogP contribution >= 0.6 is 0 Å². The zero-order chi connectivity index (χ0) is 9.14. The van der Waals surface area contributed by atoms with Gasteiger partial charge in [-0.25, -0.2) is 4.68 Å². The van der Waals surface area contributed by atoms with Crippen molar-refractivity contribution in [2.45, 2.75) is 19.4 Å². The van der Waals surface area contributed by atoms with Crippen LogP contribution in [0.5, 0.6) is 0 Å². The molecule has 0 aromatic carbocycles. The Balaban J connectivity index is 2.85. The molecule has 5 heteroatoms. The van der Waals surface area contributed by atoms with Gasteiger partial charge in [-0.05, 0) is 6.42 Å². The van der Waals surface area contributed by atoms with Crippen LogP contribution in [-0.4, -0.2) is 26.8 Å². The van der Waals surface area contributed by atoms with Gasteiger partial charge in [-0.3, -0.25) is 4.79 Å². The topological polar surface area (TPSA) is 73.8 Å². The molecule has 0 fully saturated rings. The molecule has 0 saturated heterocycles. The van der Waals surface area contributed by atoms with Crippen molar-refractivity contribution in [1.29, 1.82) is 0 Å². The Morgan fingerprint density at radius 3 is 2.92 bits per heavy atom. The summed E-state index contributed by atoms with van der Waals surface area (Å²) in [5.74, 6) is -0.106. The number of nitrogens with zero attached hydrogens (tertiary/aromatic N) is 3. The Bertz CT molecular complexity index is 281. The SMILES string of the molecule is CCC(N)C(=O)c1cnnn1C. The third kappa shape index (κ3) is 1.50. The maximum atomic E-state index is 11.4. The summed E-state index contributed by atoms with van der Waals surface area (Å²) in [7, 11) is 1.67. The molecular formula is C7H12N4O. The smallest absolute Gasteiger partial charge is 0.199 e. The number of aromatic nitrogens is 3. The number of carbonyl (C=O) groups excluding carboxylic acids is 1. The van der Waals surface area contributed by atoms with Crippen molar-refractivity contribution < 1.29 is 4.79 Å². The van der Waals surface area contributed by atoms with E-state index in [-0.39, 0.29) is 5.78 Å². The number of hydrogen-bond donors (Lipinski definition) is 1. The van der Waals surface area contributed by atoms with Gasteiger partial charge in [-0.15, -0.1) is 5.10 Å². The molecular weight excluding hydrogens is 156 g/mol. The van der Waals surface area contributed by atoms with Crippen LogP contribution in [0.1, 0.15) is 23.8 Å². The normalized spacial score (nSPS) is 12.9. The quantitative estimate of drug-likeness (QED) is 0.631. The maximum Gasteiger partial charge on any atom is 0.199 e. The van der Waals surface area contributed by atoms with E-state index in [0.717, 1.165) is 0 Å². The minimum atomic E-state index is -0.442. The molecule has 0 aliphatic carbocycles. The fourth-order valence-corrected chi connectivity index (χ4v) is 0.888. The predicted molar refractivity (Wildman–Crippen MR) is 43.6 cm³/mol. The van der Waals surface area contributed by atoms with Gasteiger partial charge >= 0.3 is 0 Å². The molecule has 0 saturated carbocycles. The molecule has 0 bridgehead atoms. The fraction of sp³-hybridized carbons (Fsp3) is 0.571. The van der Waals surface area contributed by atoms with Crippen molar-refractivity contribution in [2.24, 2.45) is 12.8 Å². The molecule has 1 aromatic heterocycles. The van der Waals surface area contributed by atoms with Crippen molar-refractivity contribution in [3.05, 3.63) is 11.9 Å². The lowest BCUT2D eigenvalue weighted by atomic mass is 10.1. The number of nitrogens with two attached hydrogens (primary N) is 1. The van der Waals surface area contributed by atoms with Gasteiger partial charge in [0.1, 0.15) is 5.69 Å². The number of ketones is 1. The van der Waals surface area contributed by atoms with E-state index in [1.54, 1.807) is 7.05 Å². The van der Waals surface area contributed by atoms with Crippen LogP contribution in [0.3, 0.4) is 0 Å². The third-order valence-electron chi connectivity index (χ3n) is 1.74. The lowest BCUT2D eigenvalue weighted by Gasteiger charge is -2.05. The minimum absolute atomic E-state index is 0.106. The summed E-state index contributed by atoms with van der Waals surface area (Å²) in [5.41, 5.74) is 6.02. The zero-order valence-corrected chi connectivity index (χ0v) is 7.19. The van der Waals surface area contributed by atoms with Gasteiger partial charge in [0.25, 0.3) is 0 Å². The molecule has 0 spiro atoms. The van der Waals surface area contributed by atoms with Crippen LogP contribution < -0.4 is 5.73 Å². The van der Waals surface area contributed by atoms with Gasteiger partial charge in [0.2, 0.25) is 0 Å². The summed E-state index contributed by atoms with van der Waals surface area (Å²) in [4.78, 5) is 11.4. The average Bonchev–Trinajstić information content (AvgIpc) is 2.48. The Kier molecular flexibility index (Phi) is 2.54. The largest absolute Gasteiger partial charge is 0.321 e. The van der Waals surface area contributed by atoms with Crippen LogP contribution in [0.2, 0.25) is 0 Å². The third-order valence-corrected chi connectivity index (χ3v) is 1.74. The molecule has 12 heavy (non-hydrogen) atoms. The molecule has 1 unspecified atom stereocenters. The Hall–Kier alpha value is -1.23. The van der Waals surface area contributed by atoms with E-state index in [1.165, 1.54) is 10.9 Å². The van der Waals surface area contributed by atoms with E-state index in [9.17, 15) is 4.79 Å². The lowest BCUT2D eigenvalue weighted by Crippen LogP contribution is -2.30. The second kappa shape index (κ2) is 3.44. The zero-order valence-electron chi connectivity index (χ0n) is 7.19. The van der Waals surface area contributed by atoms with Crippen LogP contribution in [0.15, 0.2) is 6.20 Å². The molecule has 0 aliphatic rings. The van der Waals surface area contributed by atoms with Gasteiger partial charge in [0, 0.05) is 7.05 Å². The first-order valence-electron chi connectivity index (χ1n) is 3.81. The molecule has 1 atom stereocenters. The molecule has 1 heterocycles. The number of Topliss-reactive ketones (excluding diaryl/α,β-unsaturated/α-hetero) is 1. The van der Waals surface area contributed by atoms with Crippen LogP contribution in [-0.2, 0) is 7.05 Å². The molecule has 2 N–H and O–H groups in total. The first kappa shape index (κ1) is 8.86. The fourth-order valence-electron chi connectivity index (χ4n) is 0.888. The highest BCUT2D eigenvalue weighted by Gasteiger charge is 2.16. The number of rotatable bonds is 3. The van der Waals surface area contributed by atoms with Crippen molar-refractivity contribution in [2.75, 3.05) is 0 Å². The van der Waals surface area contributed by atoms with Gasteiger partial charge in [-0.1, -0.05) is 12.1 Å². The molecule has 0 amide bonds. The Morgan fingerprint density at radius 1 is 1.83 bits per heavy atom. The predicted octanol–water partition coefficient (Wildman–Crippen LogP) is -0.265. The summed E-state index contributed by atoms with van der Waals surface area (Å²) < 4.78 is 1.43. The Morgan fingerprint density at radius 2 is 2.50 bits per heavy atom. The Labute approximate surface area is 70.6 Å². The number of aryl methyl sites for hydroxylation is 1. The summed E-state index contributed by atoms with van der Waals surface area (Å²) in [5, 5.41) is 7.24. The van der Waals surface area contributed by atoms with E-state index in [0.29, 0.717) is 12.1 Å². The molecule has 1 aromatic rings. The minimum Gasteiger partial charge on any atom is -0.321 e. The van der Waals surface area contributed by atoms with E-state index in [4.69, 9.17) is 5.73 Å². The molecule has 66 valence electrons.